The number of nitrogens with zero attached hydrogens (tertiary/aromatic N) is 4. The summed E-state index contributed by atoms with van der Waals surface area (Å²) in [4.78, 5) is 48.6. The van der Waals surface area contributed by atoms with E-state index in [1.54, 1.807) is 12.1 Å². The molecule has 2 aromatic carbocycles. The average molecular weight is 593 g/mol. The van der Waals surface area contributed by atoms with E-state index < -0.39 is 17.3 Å². The minimum absolute atomic E-state index is 0.142. The molecule has 222 valence electrons. The van der Waals surface area contributed by atoms with E-state index in [-0.39, 0.29) is 29.9 Å². The van der Waals surface area contributed by atoms with Crippen LogP contribution in [0, 0.1) is 11.7 Å². The monoisotopic (exact) mass is 592 g/mol. The molecule has 1 amide bonds. The molecule has 11 heteroatoms. The molecule has 0 saturated heterocycles. The minimum Gasteiger partial charge on any atom is -0.396 e. The summed E-state index contributed by atoms with van der Waals surface area (Å²) in [5.41, 5.74) is 9.62. The molecule has 5 aromatic rings. The van der Waals surface area contributed by atoms with Gasteiger partial charge in [0.1, 0.15) is 29.2 Å². The van der Waals surface area contributed by atoms with Gasteiger partial charge in [0.05, 0.1) is 5.39 Å². The fourth-order valence-corrected chi connectivity index (χ4v) is 6.33. The van der Waals surface area contributed by atoms with Crippen molar-refractivity contribution >= 4 is 34.2 Å². The van der Waals surface area contributed by atoms with Gasteiger partial charge in [0, 0.05) is 53.5 Å². The van der Waals surface area contributed by atoms with Gasteiger partial charge < -0.3 is 20.7 Å². The first-order valence-electron chi connectivity index (χ1n) is 14.5. The second-order valence-corrected chi connectivity index (χ2v) is 11.4. The van der Waals surface area contributed by atoms with E-state index in [0.717, 1.165) is 35.0 Å². The molecule has 3 heterocycles. The molecule has 2 aliphatic rings. The fourth-order valence-electron chi connectivity index (χ4n) is 6.33. The van der Waals surface area contributed by atoms with E-state index in [4.69, 9.17) is 5.73 Å². The van der Waals surface area contributed by atoms with E-state index >= 15 is 0 Å². The molecular formula is C33H29FN6O4. The van der Waals surface area contributed by atoms with Crippen molar-refractivity contribution in [1.29, 1.82) is 0 Å². The molecule has 1 fully saturated rings. The van der Waals surface area contributed by atoms with Gasteiger partial charge in [-0.25, -0.2) is 14.4 Å². The number of Topliss-reactive ketones (excluding diaryl/α,β-unsaturated/α-hetero) is 1. The highest BCUT2D eigenvalue weighted by Crippen LogP contribution is 2.42. The van der Waals surface area contributed by atoms with Gasteiger partial charge in [0.15, 0.2) is 5.78 Å². The van der Waals surface area contributed by atoms with E-state index in [9.17, 15) is 23.9 Å². The molecule has 44 heavy (non-hydrogen) atoms. The summed E-state index contributed by atoms with van der Waals surface area (Å²) in [6.45, 7) is 0.161. The number of amides is 1. The predicted molar refractivity (Wildman–Crippen MR) is 163 cm³/mol. The Morgan fingerprint density at radius 3 is 2.50 bits per heavy atom. The summed E-state index contributed by atoms with van der Waals surface area (Å²) in [7, 11) is 0. The molecule has 7 rings (SSSR count). The number of nitrogens with two attached hydrogens (primary N) is 1. The molecule has 2 aliphatic carbocycles. The van der Waals surface area contributed by atoms with Gasteiger partial charge in [-0.05, 0) is 79.6 Å². The number of ketones is 1. The standard InChI is InChI=1S/C33H29FN6O4/c34-20-6-10-22(11-7-20)40-27-2-1-3-28(42)24(27)14-25(33(40)44)32(43)38-21-8-4-19(5-9-21)26-15-39(23-12-18(13-23)16-41)31-29(26)30(35)36-17-37-31/h4-11,14-15,17-18,23,41H,1-3,12-13,16H2,(H,38,43)(H2,35,36,37). The normalized spacial score (nSPS) is 17.7. The number of rotatable bonds is 6. The van der Waals surface area contributed by atoms with Crippen LogP contribution in [0.5, 0.6) is 0 Å². The first kappa shape index (κ1) is 27.7. The maximum absolute atomic E-state index is 13.6. The molecule has 0 atom stereocenters. The number of hydrogen-bond donors (Lipinski definition) is 3. The Morgan fingerprint density at radius 2 is 1.77 bits per heavy atom. The smallest absolute Gasteiger partial charge is 0.268 e. The van der Waals surface area contributed by atoms with Gasteiger partial charge in [-0.3, -0.25) is 19.0 Å². The van der Waals surface area contributed by atoms with Crippen LogP contribution < -0.4 is 16.6 Å². The summed E-state index contributed by atoms with van der Waals surface area (Å²) < 4.78 is 17.1. The fraction of sp³-hybridized carbons (Fsp3) is 0.242. The van der Waals surface area contributed by atoms with E-state index in [2.05, 4.69) is 19.9 Å². The molecule has 3 aromatic heterocycles. The van der Waals surface area contributed by atoms with Crippen LogP contribution in [0.25, 0.3) is 27.8 Å². The van der Waals surface area contributed by atoms with Crippen molar-refractivity contribution in [3.63, 3.8) is 0 Å². The SMILES string of the molecule is Nc1ncnc2c1c(-c1ccc(NC(=O)c3cc4c(n(-c5ccc(F)cc5)c3=O)CCCC4=O)cc1)cn2C1CC(CO)C1. The quantitative estimate of drug-likeness (QED) is 0.260. The highest BCUT2D eigenvalue weighted by atomic mass is 19.1. The largest absolute Gasteiger partial charge is 0.396 e. The lowest BCUT2D eigenvalue weighted by Gasteiger charge is -2.35. The van der Waals surface area contributed by atoms with Crippen molar-refractivity contribution < 1.29 is 19.1 Å². The number of aliphatic hydroxyl groups excluding tert-OH is 1. The number of benzene rings is 2. The molecule has 0 unspecified atom stereocenters. The Morgan fingerprint density at radius 1 is 1.02 bits per heavy atom. The minimum atomic E-state index is -0.655. The maximum atomic E-state index is 13.6. The van der Waals surface area contributed by atoms with Crippen LogP contribution in [0.1, 0.15) is 58.1 Å². The molecule has 10 nitrogen and oxygen atoms in total. The Kier molecular flexibility index (Phi) is 6.81. The number of aliphatic hydroxyl groups is 1. The molecule has 1 saturated carbocycles. The van der Waals surface area contributed by atoms with Crippen LogP contribution in [0.15, 0.2) is 71.9 Å². The summed E-state index contributed by atoms with van der Waals surface area (Å²) in [5.74, 6) is -0.619. The Hall–Kier alpha value is -5.16. The maximum Gasteiger partial charge on any atom is 0.268 e. The van der Waals surface area contributed by atoms with Gasteiger partial charge >= 0.3 is 0 Å². The summed E-state index contributed by atoms with van der Waals surface area (Å²) in [6, 6.07) is 14.1. The van der Waals surface area contributed by atoms with Crippen LogP contribution in [0.3, 0.4) is 0 Å². The number of carbonyl (C=O) groups excluding carboxylic acids is 2. The first-order chi connectivity index (χ1) is 21.3. The van der Waals surface area contributed by atoms with E-state index in [0.29, 0.717) is 47.7 Å². The number of anilines is 2. The Balaban J connectivity index is 1.21. The number of hydrogen-bond acceptors (Lipinski definition) is 7. The van der Waals surface area contributed by atoms with Crippen molar-refractivity contribution in [2.75, 3.05) is 17.7 Å². The second-order valence-electron chi connectivity index (χ2n) is 11.4. The number of fused-ring (bicyclic) bond motifs is 2. The summed E-state index contributed by atoms with van der Waals surface area (Å²) in [5, 5.41) is 13.0. The van der Waals surface area contributed by atoms with Crippen molar-refractivity contribution in [2.45, 2.75) is 38.1 Å². The van der Waals surface area contributed by atoms with Gasteiger partial charge in [-0.1, -0.05) is 12.1 Å². The second kappa shape index (κ2) is 10.8. The Bertz CT molecular complexity index is 1990. The number of halogens is 1. The number of pyridine rings is 1. The van der Waals surface area contributed by atoms with Gasteiger partial charge in [0.2, 0.25) is 0 Å². The highest BCUT2D eigenvalue weighted by molar-refractivity contribution is 6.07. The first-order valence-corrected chi connectivity index (χ1v) is 14.5. The number of aromatic nitrogens is 4. The van der Waals surface area contributed by atoms with E-state index in [1.165, 1.54) is 41.2 Å². The zero-order chi connectivity index (χ0) is 30.5. The molecular weight excluding hydrogens is 563 g/mol. The lowest BCUT2D eigenvalue weighted by Crippen LogP contribution is -2.33. The molecule has 0 spiro atoms. The molecule has 0 radical (unpaired) electrons. The third-order valence-corrected chi connectivity index (χ3v) is 8.71. The van der Waals surface area contributed by atoms with Gasteiger partial charge in [0.25, 0.3) is 11.5 Å². The third kappa shape index (κ3) is 4.65. The van der Waals surface area contributed by atoms with Crippen molar-refractivity contribution in [2.24, 2.45) is 5.92 Å². The lowest BCUT2D eigenvalue weighted by atomic mass is 9.81. The number of nitrogen functional groups attached to an aromatic ring is 1. The predicted octanol–water partition coefficient (Wildman–Crippen LogP) is 4.69. The molecule has 0 aliphatic heterocycles. The van der Waals surface area contributed by atoms with Gasteiger partial charge in [-0.15, -0.1) is 0 Å². The van der Waals surface area contributed by atoms with Crippen molar-refractivity contribution in [3.05, 3.63) is 100 Å². The van der Waals surface area contributed by atoms with Crippen molar-refractivity contribution in [3.8, 4) is 16.8 Å². The zero-order valence-corrected chi connectivity index (χ0v) is 23.7. The number of nitrogens with one attached hydrogen (secondary N) is 1. The van der Waals surface area contributed by atoms with Crippen LogP contribution in [-0.4, -0.2) is 42.5 Å². The van der Waals surface area contributed by atoms with Gasteiger partial charge in [-0.2, -0.15) is 0 Å². The lowest BCUT2D eigenvalue weighted by molar-refractivity contribution is 0.0971. The topological polar surface area (TPSA) is 145 Å². The third-order valence-electron chi connectivity index (χ3n) is 8.71. The number of carbonyl (C=O) groups is 2. The molecule has 0 bridgehead atoms. The van der Waals surface area contributed by atoms with Crippen molar-refractivity contribution in [1.82, 2.24) is 19.1 Å². The van der Waals surface area contributed by atoms with E-state index in [1.807, 2.05) is 18.3 Å². The zero-order valence-electron chi connectivity index (χ0n) is 23.7. The summed E-state index contributed by atoms with van der Waals surface area (Å²) in [6.07, 6.45) is 6.56. The van der Waals surface area contributed by atoms with Crippen LogP contribution >= 0.6 is 0 Å². The average Bonchev–Trinajstić information content (AvgIpc) is 3.38. The van der Waals surface area contributed by atoms with Crippen LogP contribution in [0.2, 0.25) is 0 Å². The summed E-state index contributed by atoms with van der Waals surface area (Å²) >= 11 is 0. The Labute approximate surface area is 251 Å². The van der Waals surface area contributed by atoms with Crippen LogP contribution in [0.4, 0.5) is 15.9 Å². The highest BCUT2D eigenvalue weighted by Gasteiger charge is 2.32. The molecule has 4 N–H and O–H groups in total. The van der Waals surface area contributed by atoms with Crippen LogP contribution in [-0.2, 0) is 6.42 Å².